The van der Waals surface area contributed by atoms with Crippen molar-refractivity contribution < 1.29 is 32.2 Å². The molecular formula is C26H32F3N3O4. The third-order valence-electron chi connectivity index (χ3n) is 7.58. The lowest BCUT2D eigenvalue weighted by Crippen LogP contribution is -2.52. The van der Waals surface area contributed by atoms with E-state index in [-0.39, 0.29) is 28.9 Å². The highest BCUT2D eigenvalue weighted by atomic mass is 19.4. The Morgan fingerprint density at radius 2 is 1.69 bits per heavy atom. The summed E-state index contributed by atoms with van der Waals surface area (Å²) < 4.78 is 55.7. The fourth-order valence-corrected chi connectivity index (χ4v) is 5.75. The first-order valence-electron chi connectivity index (χ1n) is 11.9. The van der Waals surface area contributed by atoms with Gasteiger partial charge in [0.15, 0.2) is 11.5 Å². The molecule has 1 heterocycles. The van der Waals surface area contributed by atoms with Gasteiger partial charge in [-0.15, -0.1) is 0 Å². The number of alkyl halides is 3. The van der Waals surface area contributed by atoms with Gasteiger partial charge in [-0.05, 0) is 75.2 Å². The van der Waals surface area contributed by atoms with E-state index in [0.717, 1.165) is 38.3 Å². The lowest BCUT2D eigenvalue weighted by atomic mass is 9.65. The molecule has 1 saturated carbocycles. The predicted molar refractivity (Wildman–Crippen MR) is 130 cm³/mol. The van der Waals surface area contributed by atoms with Gasteiger partial charge in [-0.3, -0.25) is 0 Å². The monoisotopic (exact) mass is 507 g/mol. The van der Waals surface area contributed by atoms with E-state index >= 15 is 0 Å². The Morgan fingerprint density at radius 1 is 1.00 bits per heavy atom. The standard InChI is InChI=1S/C26H32F3N3O4/c1-32-12-11-25(16-5-7-21(35-3)22(13-16)36-4)10-9-18(15-23(25)32)31-24(33)30-17-6-8-20(34-2)19(14-17)26(27,28)29/h5-8,13-14,18,23H,9-12,15H2,1-4H3,(H2,30,31,33)/t18-,23+,25+/m0/s1. The van der Waals surface area contributed by atoms with E-state index in [9.17, 15) is 18.0 Å². The molecule has 196 valence electrons. The molecule has 1 saturated heterocycles. The average molecular weight is 508 g/mol. The lowest BCUT2D eigenvalue weighted by molar-refractivity contribution is -0.138. The zero-order chi connectivity index (χ0) is 26.1. The number of hydrogen-bond donors (Lipinski definition) is 2. The van der Waals surface area contributed by atoms with Crippen LogP contribution in [0.3, 0.4) is 0 Å². The fraction of sp³-hybridized carbons (Fsp3) is 0.500. The molecule has 2 amide bonds. The van der Waals surface area contributed by atoms with Crippen LogP contribution in [0.4, 0.5) is 23.7 Å². The number of rotatable bonds is 6. The van der Waals surface area contributed by atoms with Crippen molar-refractivity contribution in [2.75, 3.05) is 40.2 Å². The minimum absolute atomic E-state index is 0.0501. The highest BCUT2D eigenvalue weighted by Gasteiger charge is 2.50. The summed E-state index contributed by atoms with van der Waals surface area (Å²) in [5.74, 6) is 1.08. The molecule has 10 heteroatoms. The molecule has 2 aromatic carbocycles. The first-order chi connectivity index (χ1) is 17.1. The first kappa shape index (κ1) is 25.9. The number of methoxy groups -OCH3 is 3. The van der Waals surface area contributed by atoms with Crippen molar-refractivity contribution >= 4 is 11.7 Å². The van der Waals surface area contributed by atoms with Gasteiger partial charge in [-0.1, -0.05) is 6.07 Å². The van der Waals surface area contributed by atoms with Crippen molar-refractivity contribution in [2.24, 2.45) is 0 Å². The number of likely N-dealkylation sites (N-methyl/N-ethyl adjacent to an activating group) is 1. The second-order valence-corrected chi connectivity index (χ2v) is 9.45. The van der Waals surface area contributed by atoms with Crippen molar-refractivity contribution in [1.29, 1.82) is 0 Å². The Labute approximate surface area is 208 Å². The van der Waals surface area contributed by atoms with Crippen LogP contribution < -0.4 is 24.8 Å². The molecule has 0 radical (unpaired) electrons. The summed E-state index contributed by atoms with van der Waals surface area (Å²) in [5.41, 5.74) is 0.234. The van der Waals surface area contributed by atoms with Crippen LogP contribution in [0.2, 0.25) is 0 Å². The molecule has 4 rings (SSSR count). The molecule has 2 aliphatic rings. The van der Waals surface area contributed by atoms with Crippen molar-refractivity contribution in [3.8, 4) is 17.2 Å². The Bertz CT molecular complexity index is 1110. The van der Waals surface area contributed by atoms with E-state index in [2.05, 4.69) is 28.6 Å². The van der Waals surface area contributed by atoms with Gasteiger partial charge < -0.3 is 29.7 Å². The van der Waals surface area contributed by atoms with E-state index in [0.29, 0.717) is 11.5 Å². The second kappa shape index (κ2) is 10.1. The topological polar surface area (TPSA) is 72.1 Å². The Balaban J connectivity index is 1.47. The SMILES string of the molecule is COc1ccc([C@]23CC[C@H](NC(=O)Nc4ccc(OC)c(C(F)(F)F)c4)C[C@H]2N(C)CC3)cc1OC. The fourth-order valence-electron chi connectivity index (χ4n) is 5.75. The molecular weight excluding hydrogens is 475 g/mol. The van der Waals surface area contributed by atoms with Crippen molar-refractivity contribution in [3.05, 3.63) is 47.5 Å². The number of amides is 2. The minimum atomic E-state index is -4.59. The molecule has 0 unspecified atom stereocenters. The summed E-state index contributed by atoms with van der Waals surface area (Å²) in [6.45, 7) is 0.935. The highest BCUT2D eigenvalue weighted by Crippen LogP contribution is 2.50. The van der Waals surface area contributed by atoms with E-state index in [1.165, 1.54) is 24.8 Å². The number of urea groups is 1. The van der Waals surface area contributed by atoms with Gasteiger partial charge in [0.25, 0.3) is 0 Å². The number of likely N-dealkylation sites (tertiary alicyclic amines) is 1. The minimum Gasteiger partial charge on any atom is -0.496 e. The first-order valence-corrected chi connectivity index (χ1v) is 11.9. The van der Waals surface area contributed by atoms with Gasteiger partial charge in [0, 0.05) is 23.2 Å². The predicted octanol–water partition coefficient (Wildman–Crippen LogP) is 5.05. The third kappa shape index (κ3) is 4.91. The van der Waals surface area contributed by atoms with E-state index < -0.39 is 17.8 Å². The molecule has 7 nitrogen and oxygen atoms in total. The van der Waals surface area contributed by atoms with Gasteiger partial charge in [-0.25, -0.2) is 4.79 Å². The van der Waals surface area contributed by atoms with Crippen LogP contribution >= 0.6 is 0 Å². The van der Waals surface area contributed by atoms with Gasteiger partial charge in [-0.2, -0.15) is 13.2 Å². The van der Waals surface area contributed by atoms with Crippen LogP contribution in [0, 0.1) is 0 Å². The number of hydrogen-bond acceptors (Lipinski definition) is 5. The van der Waals surface area contributed by atoms with Gasteiger partial charge in [0.2, 0.25) is 0 Å². The molecule has 1 aliphatic carbocycles. The summed E-state index contributed by atoms with van der Waals surface area (Å²) in [6, 6.07) is 9.11. The quantitative estimate of drug-likeness (QED) is 0.573. The van der Waals surface area contributed by atoms with E-state index in [1.54, 1.807) is 14.2 Å². The molecule has 2 fully saturated rings. The molecule has 0 spiro atoms. The smallest absolute Gasteiger partial charge is 0.420 e. The van der Waals surface area contributed by atoms with Crippen LogP contribution in [0.1, 0.15) is 36.8 Å². The second-order valence-electron chi connectivity index (χ2n) is 9.45. The molecule has 0 bridgehead atoms. The largest absolute Gasteiger partial charge is 0.496 e. The van der Waals surface area contributed by atoms with E-state index in [4.69, 9.17) is 14.2 Å². The Morgan fingerprint density at radius 3 is 2.36 bits per heavy atom. The van der Waals surface area contributed by atoms with E-state index in [1.807, 2.05) is 12.1 Å². The molecule has 0 aromatic heterocycles. The Kier molecular flexibility index (Phi) is 7.26. The number of nitrogens with one attached hydrogen (secondary N) is 2. The normalized spacial score (nSPS) is 24.1. The summed E-state index contributed by atoms with van der Waals surface area (Å²) in [7, 11) is 6.50. The summed E-state index contributed by atoms with van der Waals surface area (Å²) in [5, 5.41) is 5.51. The van der Waals surface area contributed by atoms with Crippen LogP contribution in [-0.2, 0) is 11.6 Å². The number of ether oxygens (including phenoxy) is 3. The van der Waals surface area contributed by atoms with Crippen LogP contribution in [0.15, 0.2) is 36.4 Å². The van der Waals surface area contributed by atoms with Gasteiger partial charge in [0.05, 0.1) is 26.9 Å². The molecule has 3 atom stereocenters. The average Bonchev–Trinajstić information content (AvgIpc) is 3.19. The molecule has 2 N–H and O–H groups in total. The third-order valence-corrected chi connectivity index (χ3v) is 7.58. The van der Waals surface area contributed by atoms with Crippen LogP contribution in [-0.4, -0.2) is 57.9 Å². The highest BCUT2D eigenvalue weighted by molar-refractivity contribution is 5.89. The molecule has 36 heavy (non-hydrogen) atoms. The number of benzene rings is 2. The molecule has 2 aromatic rings. The number of nitrogens with zero attached hydrogens (tertiary/aromatic N) is 1. The van der Waals surface area contributed by atoms with Crippen LogP contribution in [0.5, 0.6) is 17.2 Å². The summed E-state index contributed by atoms with van der Waals surface area (Å²) in [6.07, 6.45) is -1.25. The maximum absolute atomic E-state index is 13.3. The van der Waals surface area contributed by atoms with Crippen LogP contribution in [0.25, 0.3) is 0 Å². The number of fused-ring (bicyclic) bond motifs is 1. The maximum atomic E-state index is 13.3. The number of halogens is 3. The zero-order valence-corrected chi connectivity index (χ0v) is 20.9. The maximum Gasteiger partial charge on any atom is 0.420 e. The van der Waals surface area contributed by atoms with Crippen molar-refractivity contribution in [3.63, 3.8) is 0 Å². The number of anilines is 1. The van der Waals surface area contributed by atoms with Crippen molar-refractivity contribution in [2.45, 2.75) is 49.4 Å². The number of carbonyl (C=O) groups is 1. The van der Waals surface area contributed by atoms with Gasteiger partial charge >= 0.3 is 12.2 Å². The lowest BCUT2D eigenvalue weighted by Gasteiger charge is -2.45. The zero-order valence-electron chi connectivity index (χ0n) is 20.9. The summed E-state index contributed by atoms with van der Waals surface area (Å²) >= 11 is 0. The van der Waals surface area contributed by atoms with Crippen molar-refractivity contribution in [1.82, 2.24) is 10.2 Å². The summed E-state index contributed by atoms with van der Waals surface area (Å²) in [4.78, 5) is 15.0. The number of carbonyl (C=O) groups excluding carboxylic acids is 1. The Hall–Kier alpha value is -3.14. The molecule has 1 aliphatic heterocycles. The van der Waals surface area contributed by atoms with Gasteiger partial charge in [0.1, 0.15) is 5.75 Å².